The van der Waals surface area contributed by atoms with E-state index in [2.05, 4.69) is 20.7 Å². The van der Waals surface area contributed by atoms with Gasteiger partial charge in [0.05, 0.1) is 18.0 Å². The van der Waals surface area contributed by atoms with Crippen molar-refractivity contribution in [1.29, 1.82) is 0 Å². The van der Waals surface area contributed by atoms with E-state index in [9.17, 15) is 9.59 Å². The van der Waals surface area contributed by atoms with Crippen molar-refractivity contribution in [2.75, 3.05) is 13.7 Å². The van der Waals surface area contributed by atoms with Crippen molar-refractivity contribution in [3.8, 4) is 5.75 Å². The van der Waals surface area contributed by atoms with Crippen molar-refractivity contribution in [2.45, 2.75) is 6.42 Å². The topological polar surface area (TPSA) is 78.6 Å². The zero-order valence-corrected chi connectivity index (χ0v) is 10.8. The summed E-state index contributed by atoms with van der Waals surface area (Å²) < 4.78 is 10.5. The summed E-state index contributed by atoms with van der Waals surface area (Å²) in [6.07, 6.45) is 0.0792. The summed E-state index contributed by atoms with van der Waals surface area (Å²) in [7, 11) is 1.56. The summed E-state index contributed by atoms with van der Waals surface area (Å²) in [4.78, 5) is 21.7. The Morgan fingerprint density at radius 3 is 2.65 bits per heavy atom. The van der Waals surface area contributed by atoms with Crippen LogP contribution >= 0.6 is 15.9 Å². The average Bonchev–Trinajstić information content (AvgIpc) is 2.26. The highest BCUT2D eigenvalue weighted by Gasteiger charge is 2.08. The van der Waals surface area contributed by atoms with Gasteiger partial charge in [-0.25, -0.2) is 0 Å². The van der Waals surface area contributed by atoms with Crippen LogP contribution in [0.15, 0.2) is 22.7 Å². The van der Waals surface area contributed by atoms with Gasteiger partial charge in [-0.3, -0.25) is 9.59 Å². The van der Waals surface area contributed by atoms with Crippen LogP contribution in [0.4, 0.5) is 0 Å². The summed E-state index contributed by atoms with van der Waals surface area (Å²) in [5.74, 6) is -0.491. The van der Waals surface area contributed by atoms with Crippen molar-refractivity contribution < 1.29 is 19.1 Å². The molecule has 0 spiro atoms. The van der Waals surface area contributed by atoms with Gasteiger partial charge < -0.3 is 15.2 Å². The molecule has 0 radical (unpaired) electrons. The highest BCUT2D eigenvalue weighted by atomic mass is 79.9. The van der Waals surface area contributed by atoms with Gasteiger partial charge in [0, 0.05) is 0 Å². The number of carbonyl (C=O) groups is 2. The molecule has 0 aliphatic rings. The van der Waals surface area contributed by atoms with Gasteiger partial charge in [0.25, 0.3) is 5.91 Å². The molecule has 0 aliphatic carbocycles. The van der Waals surface area contributed by atoms with Gasteiger partial charge >= 0.3 is 5.97 Å². The molecule has 1 aromatic carbocycles. The lowest BCUT2D eigenvalue weighted by molar-refractivity contribution is -0.147. The number of rotatable bonds is 5. The zero-order valence-electron chi connectivity index (χ0n) is 9.23. The summed E-state index contributed by atoms with van der Waals surface area (Å²) >= 11 is 3.31. The molecule has 2 N–H and O–H groups in total. The first-order valence-electron chi connectivity index (χ1n) is 4.79. The van der Waals surface area contributed by atoms with Crippen LogP contribution in [0.3, 0.4) is 0 Å². The van der Waals surface area contributed by atoms with Crippen LogP contribution in [0.1, 0.15) is 5.56 Å². The summed E-state index contributed by atoms with van der Waals surface area (Å²) in [5, 5.41) is 0. The van der Waals surface area contributed by atoms with E-state index in [0.29, 0.717) is 5.75 Å². The second-order valence-corrected chi connectivity index (χ2v) is 4.13. The van der Waals surface area contributed by atoms with E-state index in [1.165, 1.54) is 0 Å². The van der Waals surface area contributed by atoms with Crippen LogP contribution in [-0.4, -0.2) is 25.6 Å². The third-order valence-electron chi connectivity index (χ3n) is 1.94. The van der Waals surface area contributed by atoms with E-state index >= 15 is 0 Å². The first kappa shape index (κ1) is 13.5. The first-order chi connectivity index (χ1) is 8.02. The summed E-state index contributed by atoms with van der Waals surface area (Å²) in [5.41, 5.74) is 5.61. The predicted molar refractivity (Wildman–Crippen MR) is 64.6 cm³/mol. The van der Waals surface area contributed by atoms with Crippen LogP contribution in [0.25, 0.3) is 0 Å². The number of benzene rings is 1. The van der Waals surface area contributed by atoms with Gasteiger partial charge in [0.1, 0.15) is 5.75 Å². The van der Waals surface area contributed by atoms with Crippen molar-refractivity contribution in [3.05, 3.63) is 28.2 Å². The molecule has 0 saturated heterocycles. The van der Waals surface area contributed by atoms with Crippen LogP contribution in [-0.2, 0) is 20.7 Å². The third kappa shape index (κ3) is 4.44. The second-order valence-electron chi connectivity index (χ2n) is 3.27. The maximum absolute atomic E-state index is 11.3. The minimum absolute atomic E-state index is 0.0792. The van der Waals surface area contributed by atoms with Crippen LogP contribution < -0.4 is 10.5 Å². The van der Waals surface area contributed by atoms with Gasteiger partial charge in [-0.05, 0) is 33.6 Å². The maximum Gasteiger partial charge on any atom is 0.310 e. The number of ether oxygens (including phenoxy) is 2. The minimum Gasteiger partial charge on any atom is -0.496 e. The Morgan fingerprint density at radius 1 is 1.41 bits per heavy atom. The molecule has 0 aromatic heterocycles. The van der Waals surface area contributed by atoms with E-state index in [0.717, 1.165) is 10.0 Å². The van der Waals surface area contributed by atoms with Crippen LogP contribution in [0, 0.1) is 0 Å². The summed E-state index contributed by atoms with van der Waals surface area (Å²) in [6.45, 7) is -0.393. The van der Waals surface area contributed by atoms with Gasteiger partial charge in [0.15, 0.2) is 6.61 Å². The van der Waals surface area contributed by atoms with Crippen molar-refractivity contribution in [3.63, 3.8) is 0 Å². The highest BCUT2D eigenvalue weighted by molar-refractivity contribution is 9.10. The average molecular weight is 302 g/mol. The molecule has 0 atom stereocenters. The SMILES string of the molecule is COc1ccc(CC(=O)OCC(N)=O)cc1Br. The standard InChI is InChI=1S/C11H12BrNO4/c1-16-9-3-2-7(4-8(9)12)5-11(15)17-6-10(13)14/h2-4H,5-6H2,1H3,(H2,13,14). The number of methoxy groups -OCH3 is 1. The Bertz CT molecular complexity index is 433. The molecule has 0 unspecified atom stereocenters. The molecular weight excluding hydrogens is 290 g/mol. The fraction of sp³-hybridized carbons (Fsp3) is 0.273. The van der Waals surface area contributed by atoms with Gasteiger partial charge in [0.2, 0.25) is 0 Å². The van der Waals surface area contributed by atoms with Crippen molar-refractivity contribution in [1.82, 2.24) is 0 Å². The third-order valence-corrected chi connectivity index (χ3v) is 2.56. The van der Waals surface area contributed by atoms with Gasteiger partial charge in [-0.2, -0.15) is 0 Å². The molecule has 1 aromatic rings. The molecule has 17 heavy (non-hydrogen) atoms. The quantitative estimate of drug-likeness (QED) is 0.824. The molecular formula is C11H12BrNO4. The number of carbonyl (C=O) groups excluding carboxylic acids is 2. The molecule has 92 valence electrons. The Morgan fingerprint density at radius 2 is 2.12 bits per heavy atom. The highest BCUT2D eigenvalue weighted by Crippen LogP contribution is 2.25. The van der Waals surface area contributed by atoms with Crippen LogP contribution in [0.2, 0.25) is 0 Å². The van der Waals surface area contributed by atoms with Crippen molar-refractivity contribution >= 4 is 27.8 Å². The first-order valence-corrected chi connectivity index (χ1v) is 5.58. The summed E-state index contributed by atoms with van der Waals surface area (Å²) in [6, 6.07) is 5.24. The van der Waals surface area contributed by atoms with Crippen LogP contribution in [0.5, 0.6) is 5.75 Å². The lowest BCUT2D eigenvalue weighted by Gasteiger charge is -2.06. The number of hydrogen-bond donors (Lipinski definition) is 1. The Labute approximate surface area is 107 Å². The molecule has 6 heteroatoms. The van der Waals surface area contributed by atoms with E-state index in [1.54, 1.807) is 25.3 Å². The molecule has 5 nitrogen and oxygen atoms in total. The lowest BCUT2D eigenvalue weighted by Crippen LogP contribution is -2.21. The number of amides is 1. The molecule has 0 aliphatic heterocycles. The lowest BCUT2D eigenvalue weighted by atomic mass is 10.1. The smallest absolute Gasteiger partial charge is 0.310 e. The molecule has 0 fully saturated rings. The number of esters is 1. The Kier molecular flexibility index (Phi) is 4.96. The Hall–Kier alpha value is -1.56. The Balaban J connectivity index is 2.60. The number of hydrogen-bond acceptors (Lipinski definition) is 4. The zero-order chi connectivity index (χ0) is 12.8. The van der Waals surface area contributed by atoms with E-state index in [-0.39, 0.29) is 6.42 Å². The number of halogens is 1. The molecule has 1 amide bonds. The predicted octanol–water partition coefficient (Wildman–Crippen LogP) is 1.03. The molecule has 0 saturated carbocycles. The second kappa shape index (κ2) is 6.24. The molecule has 0 bridgehead atoms. The minimum atomic E-state index is -0.672. The maximum atomic E-state index is 11.3. The fourth-order valence-corrected chi connectivity index (χ4v) is 1.78. The molecule has 1 rings (SSSR count). The van der Waals surface area contributed by atoms with E-state index in [4.69, 9.17) is 10.5 Å². The van der Waals surface area contributed by atoms with Gasteiger partial charge in [-0.1, -0.05) is 6.07 Å². The van der Waals surface area contributed by atoms with Crippen molar-refractivity contribution in [2.24, 2.45) is 5.73 Å². The fourth-order valence-electron chi connectivity index (χ4n) is 1.19. The largest absolute Gasteiger partial charge is 0.496 e. The number of nitrogens with two attached hydrogens (primary N) is 1. The van der Waals surface area contributed by atoms with E-state index < -0.39 is 18.5 Å². The normalized spacial score (nSPS) is 9.76. The van der Waals surface area contributed by atoms with Gasteiger partial charge in [-0.15, -0.1) is 0 Å². The monoisotopic (exact) mass is 301 g/mol. The molecule has 0 heterocycles. The number of primary amides is 1. The van der Waals surface area contributed by atoms with E-state index in [1.807, 2.05) is 0 Å².